The minimum absolute atomic E-state index is 0.0155. The Labute approximate surface area is 150 Å². The van der Waals surface area contributed by atoms with Crippen LogP contribution in [0, 0.1) is 6.92 Å². The van der Waals surface area contributed by atoms with Gasteiger partial charge in [-0.3, -0.25) is 4.79 Å². The number of carbonyl (C=O) groups excluding carboxylic acids is 1. The van der Waals surface area contributed by atoms with Gasteiger partial charge in [0.25, 0.3) is 5.91 Å². The van der Waals surface area contributed by atoms with Crippen LogP contribution in [-0.4, -0.2) is 26.0 Å². The Morgan fingerprint density at radius 2 is 2.19 bits per heavy atom. The Morgan fingerprint density at radius 1 is 1.31 bits per heavy atom. The van der Waals surface area contributed by atoms with E-state index < -0.39 is 0 Å². The number of aromatic nitrogens is 4. The summed E-state index contributed by atoms with van der Waals surface area (Å²) in [7, 11) is 0. The van der Waals surface area contributed by atoms with Crippen LogP contribution in [-0.2, 0) is 12.8 Å². The molecule has 1 aromatic carbocycles. The van der Waals surface area contributed by atoms with Crippen molar-refractivity contribution in [1.82, 2.24) is 25.4 Å². The number of carbonyl (C=O) groups is 1. The Kier molecular flexibility index (Phi) is 4.20. The molecule has 4 rings (SSSR count). The molecule has 3 aromatic rings. The summed E-state index contributed by atoms with van der Waals surface area (Å²) in [4.78, 5) is 24.9. The summed E-state index contributed by atoms with van der Waals surface area (Å²) in [5.41, 5.74) is 4.43. The average molecular weight is 349 g/mol. The first kappa shape index (κ1) is 16.4. The van der Waals surface area contributed by atoms with Gasteiger partial charge in [-0.05, 0) is 43.0 Å². The van der Waals surface area contributed by atoms with Crippen molar-refractivity contribution in [2.24, 2.45) is 0 Å². The molecule has 1 N–H and O–H groups in total. The molecule has 1 amide bonds. The summed E-state index contributed by atoms with van der Waals surface area (Å²) in [6.45, 7) is 3.82. The predicted octanol–water partition coefficient (Wildman–Crippen LogP) is 2.81. The van der Waals surface area contributed by atoms with Crippen LogP contribution in [0.4, 0.5) is 0 Å². The minimum Gasteiger partial charge on any atom is -0.344 e. The lowest BCUT2D eigenvalue weighted by atomic mass is 10.0. The van der Waals surface area contributed by atoms with Gasteiger partial charge < -0.3 is 9.84 Å². The van der Waals surface area contributed by atoms with Crippen molar-refractivity contribution in [1.29, 1.82) is 0 Å². The van der Waals surface area contributed by atoms with Gasteiger partial charge in [0, 0.05) is 17.7 Å². The van der Waals surface area contributed by atoms with Gasteiger partial charge in [0.1, 0.15) is 12.0 Å². The third kappa shape index (κ3) is 3.08. The van der Waals surface area contributed by atoms with E-state index in [9.17, 15) is 4.79 Å². The van der Waals surface area contributed by atoms with Crippen LogP contribution in [0.3, 0.4) is 0 Å². The van der Waals surface area contributed by atoms with E-state index in [4.69, 9.17) is 4.52 Å². The maximum atomic E-state index is 12.5. The van der Waals surface area contributed by atoms with Crippen LogP contribution in [0.25, 0.3) is 11.4 Å². The zero-order chi connectivity index (χ0) is 18.1. The van der Waals surface area contributed by atoms with E-state index in [2.05, 4.69) is 31.5 Å². The molecule has 0 saturated carbocycles. The second-order valence-electron chi connectivity index (χ2n) is 6.39. The maximum absolute atomic E-state index is 12.5. The molecule has 132 valence electrons. The molecule has 0 unspecified atom stereocenters. The van der Waals surface area contributed by atoms with Crippen molar-refractivity contribution in [2.45, 2.75) is 39.2 Å². The third-order valence-corrected chi connectivity index (χ3v) is 4.59. The molecule has 0 saturated heterocycles. The lowest BCUT2D eigenvalue weighted by Crippen LogP contribution is -2.28. The summed E-state index contributed by atoms with van der Waals surface area (Å²) in [5, 5.41) is 7.10. The van der Waals surface area contributed by atoms with Crippen molar-refractivity contribution < 1.29 is 9.32 Å². The van der Waals surface area contributed by atoms with Gasteiger partial charge >= 0.3 is 0 Å². The SMILES string of the molecule is CCc1nc(-c2ccc3c(c2)CC[C@H]3NC(=O)c2cc(C)ncn2)no1. The van der Waals surface area contributed by atoms with Gasteiger partial charge in [-0.2, -0.15) is 4.98 Å². The van der Waals surface area contributed by atoms with Gasteiger partial charge in [-0.1, -0.05) is 24.2 Å². The van der Waals surface area contributed by atoms with E-state index in [0.29, 0.717) is 23.8 Å². The van der Waals surface area contributed by atoms with E-state index in [1.165, 1.54) is 11.9 Å². The summed E-state index contributed by atoms with van der Waals surface area (Å²) < 4.78 is 5.19. The monoisotopic (exact) mass is 349 g/mol. The quantitative estimate of drug-likeness (QED) is 0.778. The molecule has 0 fully saturated rings. The number of amides is 1. The molecule has 26 heavy (non-hydrogen) atoms. The highest BCUT2D eigenvalue weighted by Gasteiger charge is 2.25. The number of rotatable bonds is 4. The molecule has 1 aliphatic carbocycles. The predicted molar refractivity (Wildman–Crippen MR) is 94.4 cm³/mol. The van der Waals surface area contributed by atoms with Crippen LogP contribution in [0.2, 0.25) is 0 Å². The Morgan fingerprint density at radius 3 is 2.96 bits per heavy atom. The Bertz CT molecular complexity index is 966. The van der Waals surface area contributed by atoms with Crippen LogP contribution in [0.5, 0.6) is 0 Å². The van der Waals surface area contributed by atoms with Crippen molar-refractivity contribution in [2.75, 3.05) is 0 Å². The highest BCUT2D eigenvalue weighted by molar-refractivity contribution is 5.92. The number of nitrogens with one attached hydrogen (secondary N) is 1. The first-order valence-electron chi connectivity index (χ1n) is 8.69. The second kappa shape index (κ2) is 6.67. The average Bonchev–Trinajstić information content (AvgIpc) is 3.28. The van der Waals surface area contributed by atoms with Gasteiger partial charge in [0.05, 0.1) is 6.04 Å². The standard InChI is InChI=1S/C19H19N5O2/c1-3-17-23-18(24-26-17)13-4-6-14-12(9-13)5-7-15(14)22-19(25)16-8-11(2)20-10-21-16/h4,6,8-10,15H,3,5,7H2,1-2H3,(H,22,25)/t15-/m1/s1. The van der Waals surface area contributed by atoms with E-state index in [0.717, 1.165) is 29.7 Å². The summed E-state index contributed by atoms with van der Waals surface area (Å²) in [5.74, 6) is 1.06. The van der Waals surface area contributed by atoms with E-state index in [1.807, 2.05) is 26.0 Å². The fraction of sp³-hybridized carbons (Fsp3) is 0.316. The molecule has 1 aliphatic rings. The second-order valence-corrected chi connectivity index (χ2v) is 6.39. The van der Waals surface area contributed by atoms with Gasteiger partial charge in [0.2, 0.25) is 11.7 Å². The number of nitrogens with zero attached hydrogens (tertiary/aromatic N) is 4. The fourth-order valence-electron chi connectivity index (χ4n) is 3.23. The normalized spacial score (nSPS) is 15.7. The lowest BCUT2D eigenvalue weighted by Gasteiger charge is -2.14. The lowest BCUT2D eigenvalue weighted by molar-refractivity contribution is 0.0931. The molecule has 0 spiro atoms. The van der Waals surface area contributed by atoms with Crippen molar-refractivity contribution in [3.63, 3.8) is 0 Å². The number of fused-ring (bicyclic) bond motifs is 1. The minimum atomic E-state index is -0.178. The summed E-state index contributed by atoms with van der Waals surface area (Å²) >= 11 is 0. The van der Waals surface area contributed by atoms with Crippen molar-refractivity contribution in [3.05, 3.63) is 59.0 Å². The number of hydrogen-bond acceptors (Lipinski definition) is 6. The topological polar surface area (TPSA) is 93.8 Å². The van der Waals surface area contributed by atoms with Crippen molar-refractivity contribution in [3.8, 4) is 11.4 Å². The largest absolute Gasteiger partial charge is 0.344 e. The molecular weight excluding hydrogens is 330 g/mol. The number of benzene rings is 1. The molecule has 7 nitrogen and oxygen atoms in total. The van der Waals surface area contributed by atoms with Crippen LogP contribution < -0.4 is 5.32 Å². The van der Waals surface area contributed by atoms with Gasteiger partial charge in [0.15, 0.2) is 0 Å². The molecule has 1 atom stereocenters. The molecule has 0 bridgehead atoms. The maximum Gasteiger partial charge on any atom is 0.270 e. The zero-order valence-corrected chi connectivity index (χ0v) is 14.7. The van der Waals surface area contributed by atoms with Crippen LogP contribution in [0.1, 0.15) is 52.6 Å². The van der Waals surface area contributed by atoms with Crippen molar-refractivity contribution >= 4 is 5.91 Å². The summed E-state index contributed by atoms with van der Waals surface area (Å²) in [6, 6.07) is 7.77. The first-order chi connectivity index (χ1) is 12.6. The van der Waals surface area contributed by atoms with Gasteiger partial charge in [-0.15, -0.1) is 0 Å². The molecule has 2 heterocycles. The van der Waals surface area contributed by atoms with Crippen LogP contribution >= 0.6 is 0 Å². The molecule has 0 aliphatic heterocycles. The molecule has 0 radical (unpaired) electrons. The van der Waals surface area contributed by atoms with E-state index in [1.54, 1.807) is 6.07 Å². The smallest absolute Gasteiger partial charge is 0.270 e. The molecule has 2 aromatic heterocycles. The van der Waals surface area contributed by atoms with Gasteiger partial charge in [-0.25, -0.2) is 9.97 Å². The molecular formula is C19H19N5O2. The third-order valence-electron chi connectivity index (χ3n) is 4.59. The Balaban J connectivity index is 1.53. The highest BCUT2D eigenvalue weighted by atomic mass is 16.5. The van der Waals surface area contributed by atoms with E-state index >= 15 is 0 Å². The molecule has 7 heteroatoms. The zero-order valence-electron chi connectivity index (χ0n) is 14.7. The number of aryl methyl sites for hydroxylation is 3. The highest BCUT2D eigenvalue weighted by Crippen LogP contribution is 2.33. The number of hydrogen-bond donors (Lipinski definition) is 1. The fourth-order valence-corrected chi connectivity index (χ4v) is 3.23. The Hall–Kier alpha value is -3.09. The summed E-state index contributed by atoms with van der Waals surface area (Å²) in [6.07, 6.45) is 3.89. The van der Waals surface area contributed by atoms with Crippen LogP contribution in [0.15, 0.2) is 35.1 Å². The van der Waals surface area contributed by atoms with E-state index in [-0.39, 0.29) is 11.9 Å². The first-order valence-corrected chi connectivity index (χ1v) is 8.69.